The van der Waals surface area contributed by atoms with Gasteiger partial charge in [-0.1, -0.05) is 56.7 Å². The van der Waals surface area contributed by atoms with Crippen LogP contribution >= 0.6 is 0 Å². The van der Waals surface area contributed by atoms with Crippen LogP contribution in [-0.4, -0.2) is 23.9 Å². The quantitative estimate of drug-likeness (QED) is 0.685. The third-order valence-electron chi connectivity index (χ3n) is 4.58. The molecule has 2 rings (SSSR count). The van der Waals surface area contributed by atoms with Crippen molar-refractivity contribution in [2.45, 2.75) is 46.3 Å². The van der Waals surface area contributed by atoms with Gasteiger partial charge in [-0.25, -0.2) is 0 Å². The Morgan fingerprint density at radius 1 is 1.04 bits per heavy atom. The van der Waals surface area contributed by atoms with Crippen molar-refractivity contribution < 1.29 is 4.79 Å². The van der Waals surface area contributed by atoms with Crippen LogP contribution in [0.4, 0.5) is 0 Å². The van der Waals surface area contributed by atoms with Crippen LogP contribution in [0.15, 0.2) is 48.5 Å². The van der Waals surface area contributed by atoms with Crippen molar-refractivity contribution in [3.8, 4) is 0 Å². The molecule has 2 aromatic rings. The van der Waals surface area contributed by atoms with Crippen molar-refractivity contribution >= 4 is 5.91 Å². The SMILES string of the molecule is CCCCN(CC)Cc1cccc(CNC(=O)c2ccc(CN)cc2)c1. The second-order valence-electron chi connectivity index (χ2n) is 6.63. The second-order valence-corrected chi connectivity index (χ2v) is 6.63. The molecule has 26 heavy (non-hydrogen) atoms. The Balaban J connectivity index is 1.91. The molecular formula is C22H31N3O. The van der Waals surface area contributed by atoms with Gasteiger partial charge in [0.1, 0.15) is 0 Å². The summed E-state index contributed by atoms with van der Waals surface area (Å²) < 4.78 is 0. The Kier molecular flexibility index (Phi) is 8.32. The Morgan fingerprint density at radius 3 is 2.42 bits per heavy atom. The predicted octanol–water partition coefficient (Wildman–Crippen LogP) is 3.70. The van der Waals surface area contributed by atoms with E-state index in [1.165, 1.54) is 18.4 Å². The highest BCUT2D eigenvalue weighted by Gasteiger charge is 2.07. The van der Waals surface area contributed by atoms with E-state index in [2.05, 4.69) is 48.3 Å². The molecule has 1 amide bonds. The minimum atomic E-state index is -0.0582. The van der Waals surface area contributed by atoms with Gasteiger partial charge in [-0.05, 0) is 48.3 Å². The molecule has 0 saturated carbocycles. The molecule has 0 aliphatic carbocycles. The van der Waals surface area contributed by atoms with Crippen molar-refractivity contribution in [3.05, 3.63) is 70.8 Å². The van der Waals surface area contributed by atoms with Crippen LogP contribution in [0, 0.1) is 0 Å². The van der Waals surface area contributed by atoms with E-state index in [-0.39, 0.29) is 5.91 Å². The fourth-order valence-electron chi connectivity index (χ4n) is 2.90. The third kappa shape index (κ3) is 6.28. The maximum Gasteiger partial charge on any atom is 0.251 e. The smallest absolute Gasteiger partial charge is 0.251 e. The van der Waals surface area contributed by atoms with E-state index < -0.39 is 0 Å². The molecule has 0 unspecified atom stereocenters. The number of rotatable bonds is 10. The van der Waals surface area contributed by atoms with Crippen LogP contribution < -0.4 is 11.1 Å². The lowest BCUT2D eigenvalue weighted by molar-refractivity contribution is 0.0951. The molecule has 0 saturated heterocycles. The fourth-order valence-corrected chi connectivity index (χ4v) is 2.90. The first kappa shape index (κ1) is 20.1. The Bertz CT molecular complexity index is 682. The molecule has 0 bridgehead atoms. The number of benzene rings is 2. The maximum atomic E-state index is 12.3. The van der Waals surface area contributed by atoms with Crippen molar-refractivity contribution in [1.29, 1.82) is 0 Å². The van der Waals surface area contributed by atoms with Gasteiger partial charge >= 0.3 is 0 Å². The van der Waals surface area contributed by atoms with Gasteiger partial charge in [0.2, 0.25) is 0 Å². The van der Waals surface area contributed by atoms with Crippen LogP contribution in [0.2, 0.25) is 0 Å². The van der Waals surface area contributed by atoms with Gasteiger partial charge in [0.25, 0.3) is 5.91 Å². The van der Waals surface area contributed by atoms with E-state index in [1.807, 2.05) is 24.3 Å². The molecular weight excluding hydrogens is 322 g/mol. The summed E-state index contributed by atoms with van der Waals surface area (Å²) >= 11 is 0. The number of nitrogens with two attached hydrogens (primary N) is 1. The molecule has 0 heterocycles. The second kappa shape index (κ2) is 10.7. The van der Waals surface area contributed by atoms with Crippen LogP contribution in [0.1, 0.15) is 53.7 Å². The molecule has 0 aliphatic rings. The molecule has 0 fully saturated rings. The zero-order chi connectivity index (χ0) is 18.8. The average molecular weight is 354 g/mol. The number of carbonyl (C=O) groups excluding carboxylic acids is 1. The maximum absolute atomic E-state index is 12.3. The number of hydrogen-bond donors (Lipinski definition) is 2. The van der Waals surface area contributed by atoms with E-state index in [9.17, 15) is 4.79 Å². The molecule has 0 atom stereocenters. The minimum Gasteiger partial charge on any atom is -0.348 e. The van der Waals surface area contributed by atoms with Gasteiger partial charge in [-0.15, -0.1) is 0 Å². The van der Waals surface area contributed by atoms with E-state index in [0.717, 1.165) is 30.8 Å². The lowest BCUT2D eigenvalue weighted by atomic mass is 10.1. The first-order chi connectivity index (χ1) is 12.7. The number of amides is 1. The number of nitrogens with one attached hydrogen (secondary N) is 1. The van der Waals surface area contributed by atoms with Gasteiger partial charge in [0.05, 0.1) is 0 Å². The van der Waals surface area contributed by atoms with Crippen molar-refractivity contribution in [3.63, 3.8) is 0 Å². The monoisotopic (exact) mass is 353 g/mol. The summed E-state index contributed by atoms with van der Waals surface area (Å²) in [6.07, 6.45) is 2.45. The highest BCUT2D eigenvalue weighted by Crippen LogP contribution is 2.10. The lowest BCUT2D eigenvalue weighted by Crippen LogP contribution is -2.24. The highest BCUT2D eigenvalue weighted by molar-refractivity contribution is 5.94. The molecule has 0 spiro atoms. The molecule has 4 heteroatoms. The van der Waals surface area contributed by atoms with E-state index in [4.69, 9.17) is 5.73 Å². The molecule has 4 nitrogen and oxygen atoms in total. The van der Waals surface area contributed by atoms with E-state index in [0.29, 0.717) is 18.7 Å². The van der Waals surface area contributed by atoms with Crippen LogP contribution in [0.25, 0.3) is 0 Å². The molecule has 0 aliphatic heterocycles. The summed E-state index contributed by atoms with van der Waals surface area (Å²) in [4.78, 5) is 14.8. The zero-order valence-corrected chi connectivity index (χ0v) is 16.0. The fraction of sp³-hybridized carbons (Fsp3) is 0.409. The Labute approximate surface area is 157 Å². The summed E-state index contributed by atoms with van der Waals surface area (Å²) in [6.45, 7) is 8.59. The van der Waals surface area contributed by atoms with Gasteiger partial charge in [0, 0.05) is 25.2 Å². The van der Waals surface area contributed by atoms with Crippen LogP contribution in [0.5, 0.6) is 0 Å². The van der Waals surface area contributed by atoms with Crippen molar-refractivity contribution in [2.24, 2.45) is 5.73 Å². The molecule has 3 N–H and O–H groups in total. The van der Waals surface area contributed by atoms with E-state index >= 15 is 0 Å². The highest BCUT2D eigenvalue weighted by atomic mass is 16.1. The number of carbonyl (C=O) groups is 1. The lowest BCUT2D eigenvalue weighted by Gasteiger charge is -2.20. The van der Waals surface area contributed by atoms with Crippen LogP contribution in [0.3, 0.4) is 0 Å². The number of nitrogens with zero attached hydrogens (tertiary/aromatic N) is 1. The molecule has 0 aromatic heterocycles. The van der Waals surface area contributed by atoms with Crippen molar-refractivity contribution in [1.82, 2.24) is 10.2 Å². The molecule has 2 aromatic carbocycles. The van der Waals surface area contributed by atoms with Gasteiger partial charge in [-0.2, -0.15) is 0 Å². The first-order valence-electron chi connectivity index (χ1n) is 9.53. The zero-order valence-electron chi connectivity index (χ0n) is 16.0. The van der Waals surface area contributed by atoms with Crippen molar-refractivity contribution in [2.75, 3.05) is 13.1 Å². The topological polar surface area (TPSA) is 58.4 Å². The van der Waals surface area contributed by atoms with Crippen LogP contribution in [-0.2, 0) is 19.6 Å². The number of hydrogen-bond acceptors (Lipinski definition) is 3. The first-order valence-corrected chi connectivity index (χ1v) is 9.53. The summed E-state index contributed by atoms with van der Waals surface area (Å²) in [5.74, 6) is -0.0582. The third-order valence-corrected chi connectivity index (χ3v) is 4.58. The van der Waals surface area contributed by atoms with Gasteiger partial charge in [-0.3, -0.25) is 9.69 Å². The summed E-state index contributed by atoms with van der Waals surface area (Å²) in [7, 11) is 0. The molecule has 140 valence electrons. The van der Waals surface area contributed by atoms with Gasteiger partial charge in [0.15, 0.2) is 0 Å². The average Bonchev–Trinajstić information content (AvgIpc) is 2.69. The normalized spacial score (nSPS) is 10.9. The summed E-state index contributed by atoms with van der Waals surface area (Å²) in [6, 6.07) is 15.9. The minimum absolute atomic E-state index is 0.0582. The van der Waals surface area contributed by atoms with Gasteiger partial charge < -0.3 is 11.1 Å². The largest absolute Gasteiger partial charge is 0.348 e. The molecule has 0 radical (unpaired) electrons. The Morgan fingerprint density at radius 2 is 1.77 bits per heavy atom. The Hall–Kier alpha value is -2.17. The predicted molar refractivity (Wildman–Crippen MR) is 108 cm³/mol. The summed E-state index contributed by atoms with van der Waals surface area (Å²) in [5, 5.41) is 3.00. The summed E-state index contributed by atoms with van der Waals surface area (Å²) in [5.41, 5.74) is 9.70. The standard InChI is InChI=1S/C22H31N3O/c1-3-5-13-25(4-2)17-20-8-6-7-19(14-20)16-24-22(26)21-11-9-18(15-23)10-12-21/h6-12,14H,3-5,13,15-17,23H2,1-2H3,(H,24,26). The number of unbranched alkanes of at least 4 members (excludes halogenated alkanes) is 1. The van der Waals surface area contributed by atoms with E-state index in [1.54, 1.807) is 0 Å².